The number of carbonyl (C=O) groups is 2. The molecule has 10 heteroatoms. The number of hydrogen-bond donors (Lipinski definition) is 1. The van der Waals surface area contributed by atoms with Crippen molar-refractivity contribution in [1.29, 1.82) is 0 Å². The second kappa shape index (κ2) is 7.53. The van der Waals surface area contributed by atoms with Gasteiger partial charge >= 0.3 is 11.7 Å². The van der Waals surface area contributed by atoms with Crippen LogP contribution in [0.3, 0.4) is 0 Å². The van der Waals surface area contributed by atoms with Crippen molar-refractivity contribution in [3.05, 3.63) is 50.6 Å². The summed E-state index contributed by atoms with van der Waals surface area (Å²) in [6.45, 7) is 6.00. The third kappa shape index (κ3) is 4.71. The van der Waals surface area contributed by atoms with Crippen molar-refractivity contribution in [3.63, 3.8) is 0 Å². The van der Waals surface area contributed by atoms with Crippen LogP contribution in [0.1, 0.15) is 37.7 Å². The molecule has 1 fully saturated rings. The van der Waals surface area contributed by atoms with Crippen molar-refractivity contribution in [2.75, 3.05) is 13.1 Å². The Morgan fingerprint density at radius 1 is 1.31 bits per heavy atom. The molecule has 10 nitrogen and oxygen atoms in total. The predicted octanol–water partition coefficient (Wildman–Crippen LogP) is 2.44. The largest absolute Gasteiger partial charge is 0.444 e. The van der Waals surface area contributed by atoms with E-state index >= 15 is 0 Å². The highest BCUT2D eigenvalue weighted by molar-refractivity contribution is 5.95. The van der Waals surface area contributed by atoms with Crippen LogP contribution in [0, 0.1) is 10.1 Å². The quantitative estimate of drug-likeness (QED) is 0.615. The number of ether oxygens (including phenoxy) is 1. The number of nitrogens with zero attached hydrogens (tertiary/aromatic N) is 2. The van der Waals surface area contributed by atoms with Crippen LogP contribution in [-0.4, -0.2) is 46.6 Å². The number of benzene rings is 1. The molecule has 1 N–H and O–H groups in total. The Labute approximate surface area is 165 Å². The number of non-ortho nitro benzene ring substituents is 1. The molecular weight excluding hydrogens is 382 g/mol. The lowest BCUT2D eigenvalue weighted by molar-refractivity contribution is -0.384. The van der Waals surface area contributed by atoms with E-state index < -0.39 is 28.2 Å². The number of hydrogen-bond acceptors (Lipinski definition) is 7. The van der Waals surface area contributed by atoms with Gasteiger partial charge in [-0.1, -0.05) is 0 Å². The zero-order valence-electron chi connectivity index (χ0n) is 16.3. The molecule has 3 rings (SSSR count). The maximum Gasteiger partial charge on any atom is 0.410 e. The summed E-state index contributed by atoms with van der Waals surface area (Å²) < 4.78 is 10.4. The van der Waals surface area contributed by atoms with Crippen LogP contribution in [0.4, 0.5) is 10.5 Å². The SMILES string of the molecule is CC(C)(C)OC(=O)N1CCC(NC(=O)c2cc3cc([N+](=O)[O-])ccc3c(=O)o2)C1. The van der Waals surface area contributed by atoms with E-state index in [0.29, 0.717) is 13.0 Å². The molecule has 2 amide bonds. The molecular formula is C19H21N3O7. The van der Waals surface area contributed by atoms with Crippen LogP contribution in [0.5, 0.6) is 0 Å². The predicted molar refractivity (Wildman–Crippen MR) is 103 cm³/mol. The lowest BCUT2D eigenvalue weighted by Crippen LogP contribution is -2.40. The first-order valence-electron chi connectivity index (χ1n) is 9.04. The second-order valence-electron chi connectivity index (χ2n) is 7.81. The Morgan fingerprint density at radius 2 is 2.03 bits per heavy atom. The fourth-order valence-corrected chi connectivity index (χ4v) is 3.03. The number of amides is 2. The van der Waals surface area contributed by atoms with Crippen molar-refractivity contribution >= 4 is 28.5 Å². The van der Waals surface area contributed by atoms with Crippen molar-refractivity contribution in [3.8, 4) is 0 Å². The molecule has 1 unspecified atom stereocenters. The Balaban J connectivity index is 1.73. The van der Waals surface area contributed by atoms with Gasteiger partial charge in [0.15, 0.2) is 5.76 Å². The van der Waals surface area contributed by atoms with E-state index in [-0.39, 0.29) is 34.8 Å². The van der Waals surface area contributed by atoms with E-state index in [1.165, 1.54) is 29.2 Å². The van der Waals surface area contributed by atoms with Gasteiger partial charge in [-0.25, -0.2) is 9.59 Å². The molecule has 1 saturated heterocycles. The highest BCUT2D eigenvalue weighted by Gasteiger charge is 2.31. The first kappa shape index (κ1) is 20.3. The van der Waals surface area contributed by atoms with E-state index in [1.54, 1.807) is 20.8 Å². The Bertz CT molecular complexity index is 1040. The molecule has 2 aromatic rings. The molecule has 1 atom stereocenters. The molecule has 0 aliphatic carbocycles. The molecule has 0 spiro atoms. The molecule has 1 aliphatic heterocycles. The number of likely N-dealkylation sites (tertiary alicyclic amines) is 1. The van der Waals surface area contributed by atoms with Gasteiger partial charge in [-0.05, 0) is 44.7 Å². The lowest BCUT2D eigenvalue weighted by Gasteiger charge is -2.24. The minimum absolute atomic E-state index is 0.143. The van der Waals surface area contributed by atoms with E-state index in [2.05, 4.69) is 5.32 Å². The van der Waals surface area contributed by atoms with Gasteiger partial charge in [-0.2, -0.15) is 0 Å². The lowest BCUT2D eigenvalue weighted by atomic mass is 10.1. The van der Waals surface area contributed by atoms with Gasteiger partial charge in [-0.15, -0.1) is 0 Å². The Morgan fingerprint density at radius 3 is 2.69 bits per heavy atom. The average molecular weight is 403 g/mol. The summed E-state index contributed by atoms with van der Waals surface area (Å²) in [5.41, 5.74) is -1.57. The molecule has 2 heterocycles. The number of fused-ring (bicyclic) bond motifs is 1. The standard InChI is InChI=1S/C19H21N3O7/c1-19(2,3)29-18(25)21-7-6-12(10-21)20-16(23)15-9-11-8-13(22(26)27)4-5-14(11)17(24)28-15/h4-5,8-9,12H,6-7,10H2,1-3H3,(H,20,23). The van der Waals surface area contributed by atoms with Crippen molar-refractivity contribution in [2.45, 2.75) is 38.8 Å². The van der Waals surface area contributed by atoms with Crippen molar-refractivity contribution in [2.24, 2.45) is 0 Å². The zero-order valence-corrected chi connectivity index (χ0v) is 16.3. The van der Waals surface area contributed by atoms with Gasteiger partial charge in [0.1, 0.15) is 5.60 Å². The summed E-state index contributed by atoms with van der Waals surface area (Å²) >= 11 is 0. The highest BCUT2D eigenvalue weighted by Crippen LogP contribution is 2.20. The van der Waals surface area contributed by atoms with Gasteiger partial charge in [0.2, 0.25) is 0 Å². The monoisotopic (exact) mass is 403 g/mol. The normalized spacial score (nSPS) is 16.7. The smallest absolute Gasteiger partial charge is 0.410 e. The molecule has 0 bridgehead atoms. The number of nitro benzene ring substituents is 1. The van der Waals surface area contributed by atoms with Crippen LogP contribution in [0.2, 0.25) is 0 Å². The third-order valence-electron chi connectivity index (χ3n) is 4.35. The molecule has 154 valence electrons. The van der Waals surface area contributed by atoms with E-state index in [0.717, 1.165) is 0 Å². The Hall–Kier alpha value is -3.43. The summed E-state index contributed by atoms with van der Waals surface area (Å²) in [6, 6.07) is 4.66. The van der Waals surface area contributed by atoms with E-state index in [1.807, 2.05) is 0 Å². The molecule has 1 aromatic carbocycles. The van der Waals surface area contributed by atoms with Gasteiger partial charge in [-0.3, -0.25) is 14.9 Å². The topological polar surface area (TPSA) is 132 Å². The van der Waals surface area contributed by atoms with Gasteiger partial charge < -0.3 is 19.4 Å². The van der Waals surface area contributed by atoms with Crippen LogP contribution in [0.25, 0.3) is 10.8 Å². The molecule has 29 heavy (non-hydrogen) atoms. The van der Waals surface area contributed by atoms with Gasteiger partial charge in [0.25, 0.3) is 11.6 Å². The van der Waals surface area contributed by atoms with Crippen LogP contribution in [0.15, 0.2) is 33.5 Å². The number of nitrogens with one attached hydrogen (secondary N) is 1. The maximum atomic E-state index is 12.5. The summed E-state index contributed by atoms with van der Waals surface area (Å²) in [5, 5.41) is 14.0. The fourth-order valence-electron chi connectivity index (χ4n) is 3.03. The minimum atomic E-state index is -0.760. The van der Waals surface area contributed by atoms with Gasteiger partial charge in [0.05, 0.1) is 10.3 Å². The van der Waals surface area contributed by atoms with E-state index in [9.17, 15) is 24.5 Å². The van der Waals surface area contributed by atoms with Crippen LogP contribution in [-0.2, 0) is 4.74 Å². The fraction of sp³-hybridized carbons (Fsp3) is 0.421. The molecule has 0 radical (unpaired) electrons. The second-order valence-corrected chi connectivity index (χ2v) is 7.81. The molecule has 1 aliphatic rings. The molecule has 0 saturated carbocycles. The summed E-state index contributed by atoms with van der Waals surface area (Å²) in [7, 11) is 0. The first-order valence-corrected chi connectivity index (χ1v) is 9.04. The highest BCUT2D eigenvalue weighted by atomic mass is 16.6. The van der Waals surface area contributed by atoms with E-state index in [4.69, 9.17) is 9.15 Å². The summed E-state index contributed by atoms with van der Waals surface area (Å²) in [5.74, 6) is -0.884. The zero-order chi connectivity index (χ0) is 21.3. The van der Waals surface area contributed by atoms with Crippen molar-refractivity contribution in [1.82, 2.24) is 10.2 Å². The Kier molecular flexibility index (Phi) is 5.27. The average Bonchev–Trinajstić information content (AvgIpc) is 3.08. The number of nitro groups is 1. The summed E-state index contributed by atoms with van der Waals surface area (Å²) in [6.07, 6.45) is 0.0626. The molecule has 1 aromatic heterocycles. The number of rotatable bonds is 3. The minimum Gasteiger partial charge on any atom is -0.444 e. The summed E-state index contributed by atoms with van der Waals surface area (Å²) in [4.78, 5) is 48.6. The first-order chi connectivity index (χ1) is 13.5. The van der Waals surface area contributed by atoms with Crippen molar-refractivity contribution < 1.29 is 23.7 Å². The third-order valence-corrected chi connectivity index (χ3v) is 4.35. The van der Waals surface area contributed by atoms with Gasteiger partial charge in [0, 0.05) is 31.3 Å². The number of carbonyl (C=O) groups excluding carboxylic acids is 2. The maximum absolute atomic E-state index is 12.5. The van der Waals surface area contributed by atoms with Crippen LogP contribution < -0.4 is 10.9 Å². The van der Waals surface area contributed by atoms with Crippen LogP contribution >= 0.6 is 0 Å².